The normalized spacial score (nSPS) is 15.9. The van der Waals surface area contributed by atoms with Gasteiger partial charge in [0.25, 0.3) is 0 Å². The Morgan fingerprint density at radius 2 is 2.29 bits per heavy atom. The van der Waals surface area contributed by atoms with E-state index in [4.69, 9.17) is 0 Å². The van der Waals surface area contributed by atoms with Gasteiger partial charge in [-0.05, 0) is 31.4 Å². The molecule has 1 N–H and O–H groups in total. The van der Waals surface area contributed by atoms with Crippen molar-refractivity contribution in [1.29, 1.82) is 0 Å². The third kappa shape index (κ3) is 3.19. The summed E-state index contributed by atoms with van der Waals surface area (Å²) in [5.74, 6) is 1.95. The van der Waals surface area contributed by atoms with E-state index in [9.17, 15) is 0 Å². The van der Waals surface area contributed by atoms with E-state index in [1.54, 1.807) is 0 Å². The molecule has 3 nitrogen and oxygen atoms in total. The molecule has 2 rings (SSSR count). The van der Waals surface area contributed by atoms with E-state index in [0.717, 1.165) is 24.8 Å². The summed E-state index contributed by atoms with van der Waals surface area (Å²) in [4.78, 5) is 6.89. The molecular weight excluding hydrogens is 210 g/mol. The number of aromatic nitrogens is 1. The molecule has 1 aliphatic rings. The predicted molar refractivity (Wildman–Crippen MR) is 72.1 cm³/mol. The van der Waals surface area contributed by atoms with E-state index in [1.807, 2.05) is 19.3 Å². The van der Waals surface area contributed by atoms with Crippen LogP contribution < -0.4 is 5.32 Å². The summed E-state index contributed by atoms with van der Waals surface area (Å²) in [7, 11) is 1.94. The second-order valence-corrected chi connectivity index (χ2v) is 4.89. The van der Waals surface area contributed by atoms with Gasteiger partial charge in [0, 0.05) is 31.9 Å². The maximum absolute atomic E-state index is 4.36. The van der Waals surface area contributed by atoms with Crippen LogP contribution in [0.1, 0.15) is 31.7 Å². The lowest BCUT2D eigenvalue weighted by Crippen LogP contribution is -2.32. The van der Waals surface area contributed by atoms with Crippen LogP contribution in [0.2, 0.25) is 0 Å². The van der Waals surface area contributed by atoms with Crippen molar-refractivity contribution in [2.45, 2.75) is 32.7 Å². The van der Waals surface area contributed by atoms with Crippen molar-refractivity contribution in [3.8, 4) is 0 Å². The minimum atomic E-state index is 0.935. The Balaban J connectivity index is 1.96. The molecule has 1 aromatic heterocycles. The first-order valence-electron chi connectivity index (χ1n) is 6.67. The summed E-state index contributed by atoms with van der Waals surface area (Å²) in [6.07, 6.45) is 6.11. The summed E-state index contributed by atoms with van der Waals surface area (Å²) in [5.41, 5.74) is 1.30. The zero-order valence-corrected chi connectivity index (χ0v) is 10.9. The average molecular weight is 233 g/mol. The van der Waals surface area contributed by atoms with Crippen LogP contribution in [-0.2, 0) is 6.54 Å². The van der Waals surface area contributed by atoms with Gasteiger partial charge in [-0.25, -0.2) is 4.98 Å². The van der Waals surface area contributed by atoms with Crippen molar-refractivity contribution in [3.63, 3.8) is 0 Å². The number of nitrogens with one attached hydrogen (secondary N) is 1. The summed E-state index contributed by atoms with van der Waals surface area (Å²) >= 11 is 0. The second-order valence-electron chi connectivity index (χ2n) is 4.89. The van der Waals surface area contributed by atoms with Gasteiger partial charge < -0.3 is 5.32 Å². The fraction of sp³-hybridized carbons (Fsp3) is 0.643. The highest BCUT2D eigenvalue weighted by Crippen LogP contribution is 2.27. The molecule has 17 heavy (non-hydrogen) atoms. The Labute approximate surface area is 104 Å². The minimum absolute atomic E-state index is 0.935. The van der Waals surface area contributed by atoms with Crippen LogP contribution >= 0.6 is 0 Å². The smallest absolute Gasteiger partial charge is 0.130 e. The fourth-order valence-electron chi connectivity index (χ4n) is 2.38. The van der Waals surface area contributed by atoms with Crippen molar-refractivity contribution in [1.82, 2.24) is 9.88 Å². The standard InChI is InChI=1S/C14H23N3/c1-3-17(10-12-6-4-7-12)11-13-8-5-9-16-14(13)15-2/h5,8-9,12H,3-4,6-7,10-11H2,1-2H3,(H,15,16). The van der Waals surface area contributed by atoms with E-state index in [1.165, 1.54) is 31.4 Å². The molecular formula is C14H23N3. The van der Waals surface area contributed by atoms with Gasteiger partial charge in [-0.15, -0.1) is 0 Å². The van der Waals surface area contributed by atoms with Crippen LogP contribution in [0, 0.1) is 5.92 Å². The highest BCUT2D eigenvalue weighted by molar-refractivity contribution is 5.42. The molecule has 0 atom stereocenters. The fourth-order valence-corrected chi connectivity index (χ4v) is 2.38. The topological polar surface area (TPSA) is 28.2 Å². The predicted octanol–water partition coefficient (Wildman–Crippen LogP) is 2.75. The van der Waals surface area contributed by atoms with Crippen molar-refractivity contribution in [3.05, 3.63) is 23.9 Å². The van der Waals surface area contributed by atoms with Crippen molar-refractivity contribution < 1.29 is 0 Å². The molecule has 1 fully saturated rings. The molecule has 0 spiro atoms. The van der Waals surface area contributed by atoms with Crippen LogP contribution in [-0.4, -0.2) is 30.0 Å². The van der Waals surface area contributed by atoms with Gasteiger partial charge in [0.15, 0.2) is 0 Å². The number of pyridine rings is 1. The van der Waals surface area contributed by atoms with Crippen molar-refractivity contribution >= 4 is 5.82 Å². The lowest BCUT2D eigenvalue weighted by Gasteiger charge is -2.32. The first kappa shape index (κ1) is 12.4. The number of rotatable bonds is 6. The van der Waals surface area contributed by atoms with Crippen LogP contribution in [0.3, 0.4) is 0 Å². The molecule has 3 heteroatoms. The molecule has 0 unspecified atom stereocenters. The Morgan fingerprint density at radius 3 is 2.88 bits per heavy atom. The minimum Gasteiger partial charge on any atom is -0.373 e. The molecule has 0 aromatic carbocycles. The number of hydrogen-bond acceptors (Lipinski definition) is 3. The third-order valence-corrected chi connectivity index (χ3v) is 3.71. The first-order chi connectivity index (χ1) is 8.33. The van der Waals surface area contributed by atoms with Crippen molar-refractivity contribution in [2.24, 2.45) is 5.92 Å². The van der Waals surface area contributed by atoms with Gasteiger partial charge in [-0.3, -0.25) is 4.90 Å². The van der Waals surface area contributed by atoms with Gasteiger partial charge in [0.1, 0.15) is 5.82 Å². The van der Waals surface area contributed by atoms with Gasteiger partial charge in [-0.2, -0.15) is 0 Å². The largest absolute Gasteiger partial charge is 0.373 e. The third-order valence-electron chi connectivity index (χ3n) is 3.71. The Morgan fingerprint density at radius 1 is 1.47 bits per heavy atom. The molecule has 94 valence electrons. The quantitative estimate of drug-likeness (QED) is 0.819. The van der Waals surface area contributed by atoms with Crippen LogP contribution in [0.25, 0.3) is 0 Å². The Kier molecular flexibility index (Phi) is 4.37. The van der Waals surface area contributed by atoms with E-state index in [2.05, 4.69) is 28.2 Å². The van der Waals surface area contributed by atoms with Crippen LogP contribution in [0.15, 0.2) is 18.3 Å². The summed E-state index contributed by atoms with van der Waals surface area (Å²) in [6, 6.07) is 4.19. The lowest BCUT2D eigenvalue weighted by atomic mass is 9.85. The number of hydrogen-bond donors (Lipinski definition) is 1. The molecule has 0 amide bonds. The van der Waals surface area contributed by atoms with E-state index in [0.29, 0.717) is 0 Å². The van der Waals surface area contributed by atoms with Gasteiger partial charge in [0.2, 0.25) is 0 Å². The monoisotopic (exact) mass is 233 g/mol. The van der Waals surface area contributed by atoms with E-state index >= 15 is 0 Å². The number of nitrogens with zero attached hydrogens (tertiary/aromatic N) is 2. The van der Waals surface area contributed by atoms with Gasteiger partial charge in [0.05, 0.1) is 0 Å². The average Bonchev–Trinajstić information content (AvgIpc) is 2.32. The summed E-state index contributed by atoms with van der Waals surface area (Å²) < 4.78 is 0. The molecule has 0 aliphatic heterocycles. The molecule has 1 saturated carbocycles. The molecule has 0 radical (unpaired) electrons. The molecule has 1 heterocycles. The number of anilines is 1. The van der Waals surface area contributed by atoms with Crippen LogP contribution in [0.4, 0.5) is 5.82 Å². The second kappa shape index (κ2) is 6.01. The molecule has 0 bridgehead atoms. The van der Waals surface area contributed by atoms with Crippen LogP contribution in [0.5, 0.6) is 0 Å². The van der Waals surface area contributed by atoms with Crippen molar-refractivity contribution in [2.75, 3.05) is 25.5 Å². The molecule has 1 aliphatic carbocycles. The maximum Gasteiger partial charge on any atom is 0.130 e. The SMILES string of the molecule is CCN(Cc1cccnc1NC)CC1CCC1. The zero-order valence-electron chi connectivity index (χ0n) is 10.9. The maximum atomic E-state index is 4.36. The molecule has 1 aromatic rings. The Bertz CT molecular complexity index is 347. The zero-order chi connectivity index (χ0) is 12.1. The summed E-state index contributed by atoms with van der Waals surface area (Å²) in [6.45, 7) is 5.62. The molecule has 0 saturated heterocycles. The summed E-state index contributed by atoms with van der Waals surface area (Å²) in [5, 5.41) is 3.17. The van der Waals surface area contributed by atoms with Gasteiger partial charge >= 0.3 is 0 Å². The van der Waals surface area contributed by atoms with Gasteiger partial charge in [-0.1, -0.05) is 19.4 Å². The Hall–Kier alpha value is -1.09. The highest BCUT2D eigenvalue weighted by atomic mass is 15.1. The van der Waals surface area contributed by atoms with E-state index in [-0.39, 0.29) is 0 Å². The highest BCUT2D eigenvalue weighted by Gasteiger charge is 2.20. The first-order valence-corrected chi connectivity index (χ1v) is 6.67. The van der Waals surface area contributed by atoms with E-state index < -0.39 is 0 Å². The lowest BCUT2D eigenvalue weighted by molar-refractivity contribution is 0.178.